The second-order valence-corrected chi connectivity index (χ2v) is 4.80. The minimum absolute atomic E-state index is 0.446. The van der Waals surface area contributed by atoms with E-state index in [0.29, 0.717) is 11.4 Å². The summed E-state index contributed by atoms with van der Waals surface area (Å²) in [5.74, 6) is 0.200. The molecule has 0 spiro atoms. The Morgan fingerprint density at radius 2 is 2.15 bits per heavy atom. The fraction of sp³-hybridized carbons (Fsp3) is 0.333. The van der Waals surface area contributed by atoms with Gasteiger partial charge in [0.1, 0.15) is 5.82 Å². The molecule has 1 aromatic carbocycles. The molecule has 1 heterocycles. The molecule has 0 saturated carbocycles. The summed E-state index contributed by atoms with van der Waals surface area (Å²) in [6.07, 6.45) is 0.972. The predicted molar refractivity (Wildman–Crippen MR) is 82.1 cm³/mol. The average Bonchev–Trinajstić information content (AvgIpc) is 2.46. The first-order chi connectivity index (χ1) is 9.63. The number of aromatic nitrogens is 1. The summed E-state index contributed by atoms with van der Waals surface area (Å²) < 4.78 is 0. The van der Waals surface area contributed by atoms with Crippen LogP contribution < -0.4 is 16.0 Å². The number of nitrogens with one attached hydrogen (secondary N) is 1. The minimum atomic E-state index is -0.446. The molecule has 5 nitrogen and oxygen atoms in total. The molecule has 1 amide bonds. The fourth-order valence-corrected chi connectivity index (χ4v) is 2.18. The molecule has 0 radical (unpaired) electrons. The van der Waals surface area contributed by atoms with Crippen molar-refractivity contribution in [3.05, 3.63) is 35.9 Å². The largest absolute Gasteiger partial charge is 0.365 e. The van der Waals surface area contributed by atoms with E-state index >= 15 is 0 Å². The Kier molecular flexibility index (Phi) is 4.53. The lowest BCUT2D eigenvalue weighted by atomic mass is 10.1. The summed E-state index contributed by atoms with van der Waals surface area (Å²) in [7, 11) is 3.85. The number of hydrogen-bond acceptors (Lipinski definition) is 4. The third-order valence-electron chi connectivity index (χ3n) is 3.25. The zero-order chi connectivity index (χ0) is 14.5. The van der Waals surface area contributed by atoms with Crippen molar-refractivity contribution in [1.29, 1.82) is 0 Å². The predicted octanol–water partition coefficient (Wildman–Crippen LogP) is 1.38. The molecule has 0 fully saturated rings. The third kappa shape index (κ3) is 3.05. The van der Waals surface area contributed by atoms with E-state index in [1.807, 2.05) is 49.3 Å². The Morgan fingerprint density at radius 3 is 2.85 bits per heavy atom. The number of fused-ring (bicyclic) bond motifs is 1. The van der Waals surface area contributed by atoms with Crippen molar-refractivity contribution in [3.63, 3.8) is 0 Å². The van der Waals surface area contributed by atoms with E-state index in [4.69, 9.17) is 5.73 Å². The van der Waals surface area contributed by atoms with Gasteiger partial charge in [-0.05, 0) is 32.1 Å². The van der Waals surface area contributed by atoms with Crippen LogP contribution >= 0.6 is 0 Å². The van der Waals surface area contributed by atoms with Gasteiger partial charge in [0, 0.05) is 19.0 Å². The van der Waals surface area contributed by atoms with Crippen LogP contribution in [0.4, 0.5) is 5.82 Å². The summed E-state index contributed by atoms with van der Waals surface area (Å²) in [6.45, 7) is 1.73. The lowest BCUT2D eigenvalue weighted by molar-refractivity contribution is 0.100. The number of pyridine rings is 1. The maximum Gasteiger partial charge on any atom is 0.252 e. The standard InChI is InChI=1S/C15H20N4O/c1-17-8-5-9-19(2)15-12(14(16)20)10-11-6-3-4-7-13(11)18-15/h3-4,6-7,10,17H,5,8-9H2,1-2H3,(H2,16,20). The van der Waals surface area contributed by atoms with Crippen molar-refractivity contribution < 1.29 is 4.79 Å². The monoisotopic (exact) mass is 272 g/mol. The third-order valence-corrected chi connectivity index (χ3v) is 3.25. The van der Waals surface area contributed by atoms with E-state index in [0.717, 1.165) is 30.4 Å². The molecule has 0 aliphatic carbocycles. The first-order valence-electron chi connectivity index (χ1n) is 6.69. The van der Waals surface area contributed by atoms with Gasteiger partial charge in [0.2, 0.25) is 0 Å². The molecular weight excluding hydrogens is 252 g/mol. The maximum atomic E-state index is 11.6. The van der Waals surface area contributed by atoms with Gasteiger partial charge in [-0.3, -0.25) is 4.79 Å². The van der Waals surface area contributed by atoms with Crippen molar-refractivity contribution in [3.8, 4) is 0 Å². The molecule has 2 rings (SSSR count). The van der Waals surface area contributed by atoms with E-state index in [-0.39, 0.29) is 0 Å². The average molecular weight is 272 g/mol. The SMILES string of the molecule is CNCCCN(C)c1nc2ccccc2cc1C(N)=O. The van der Waals surface area contributed by atoms with Gasteiger partial charge >= 0.3 is 0 Å². The molecule has 0 aliphatic rings. The minimum Gasteiger partial charge on any atom is -0.365 e. The Hall–Kier alpha value is -2.14. The molecule has 20 heavy (non-hydrogen) atoms. The molecule has 0 unspecified atom stereocenters. The van der Waals surface area contributed by atoms with Crippen molar-refractivity contribution in [2.24, 2.45) is 5.73 Å². The van der Waals surface area contributed by atoms with Gasteiger partial charge in [-0.25, -0.2) is 4.98 Å². The molecule has 0 aliphatic heterocycles. The van der Waals surface area contributed by atoms with E-state index in [1.54, 1.807) is 0 Å². The number of carbonyl (C=O) groups is 1. The highest BCUT2D eigenvalue weighted by Crippen LogP contribution is 2.22. The van der Waals surface area contributed by atoms with Crippen molar-refractivity contribution in [2.75, 3.05) is 32.1 Å². The number of para-hydroxylation sites is 1. The van der Waals surface area contributed by atoms with Gasteiger partial charge in [-0.1, -0.05) is 18.2 Å². The lowest BCUT2D eigenvalue weighted by Crippen LogP contribution is -2.26. The number of carbonyl (C=O) groups excluding carboxylic acids is 1. The Balaban J connectivity index is 2.38. The van der Waals surface area contributed by atoms with Crippen LogP contribution in [-0.4, -0.2) is 38.1 Å². The number of rotatable bonds is 6. The first kappa shape index (κ1) is 14.3. The quantitative estimate of drug-likeness (QED) is 0.779. The number of benzene rings is 1. The molecule has 0 bridgehead atoms. The first-order valence-corrected chi connectivity index (χ1v) is 6.69. The van der Waals surface area contributed by atoms with Gasteiger partial charge in [0.05, 0.1) is 11.1 Å². The van der Waals surface area contributed by atoms with E-state index in [1.165, 1.54) is 0 Å². The van der Waals surface area contributed by atoms with Crippen LogP contribution in [0.25, 0.3) is 10.9 Å². The van der Waals surface area contributed by atoms with Gasteiger partial charge in [-0.15, -0.1) is 0 Å². The number of hydrogen-bond donors (Lipinski definition) is 2. The molecule has 0 atom stereocenters. The van der Waals surface area contributed by atoms with Crippen molar-refractivity contribution >= 4 is 22.6 Å². The lowest BCUT2D eigenvalue weighted by Gasteiger charge is -2.20. The van der Waals surface area contributed by atoms with E-state index in [9.17, 15) is 4.79 Å². The summed E-state index contributed by atoms with van der Waals surface area (Å²) in [4.78, 5) is 18.2. The van der Waals surface area contributed by atoms with Crippen LogP contribution in [0.1, 0.15) is 16.8 Å². The van der Waals surface area contributed by atoms with Crippen LogP contribution in [-0.2, 0) is 0 Å². The number of nitrogens with two attached hydrogens (primary N) is 1. The Morgan fingerprint density at radius 1 is 1.40 bits per heavy atom. The highest BCUT2D eigenvalue weighted by Gasteiger charge is 2.15. The molecule has 3 N–H and O–H groups in total. The molecular formula is C15H20N4O. The number of primary amides is 1. The van der Waals surface area contributed by atoms with E-state index in [2.05, 4.69) is 10.3 Å². The van der Waals surface area contributed by atoms with Gasteiger partial charge < -0.3 is 16.0 Å². The topological polar surface area (TPSA) is 71.2 Å². The van der Waals surface area contributed by atoms with Crippen LogP contribution in [0.3, 0.4) is 0 Å². The van der Waals surface area contributed by atoms with Gasteiger partial charge in [0.25, 0.3) is 5.91 Å². The molecule has 1 aromatic heterocycles. The fourth-order valence-electron chi connectivity index (χ4n) is 2.18. The normalized spacial score (nSPS) is 10.7. The molecule has 5 heteroatoms. The Bertz CT molecular complexity index is 612. The summed E-state index contributed by atoms with van der Waals surface area (Å²) >= 11 is 0. The van der Waals surface area contributed by atoms with Crippen LogP contribution in [0, 0.1) is 0 Å². The van der Waals surface area contributed by atoms with Crippen LogP contribution in [0.5, 0.6) is 0 Å². The summed E-state index contributed by atoms with van der Waals surface area (Å²) in [6, 6.07) is 9.54. The van der Waals surface area contributed by atoms with Crippen LogP contribution in [0.15, 0.2) is 30.3 Å². The zero-order valence-electron chi connectivity index (χ0n) is 11.9. The van der Waals surface area contributed by atoms with E-state index < -0.39 is 5.91 Å². The number of nitrogens with zero attached hydrogens (tertiary/aromatic N) is 2. The molecule has 0 saturated heterocycles. The second kappa shape index (κ2) is 6.34. The zero-order valence-corrected chi connectivity index (χ0v) is 11.9. The highest BCUT2D eigenvalue weighted by molar-refractivity contribution is 6.01. The molecule has 106 valence electrons. The second-order valence-electron chi connectivity index (χ2n) is 4.80. The molecule has 2 aromatic rings. The van der Waals surface area contributed by atoms with Gasteiger partial charge in [-0.2, -0.15) is 0 Å². The number of amides is 1. The van der Waals surface area contributed by atoms with Crippen molar-refractivity contribution in [1.82, 2.24) is 10.3 Å². The summed E-state index contributed by atoms with van der Waals surface area (Å²) in [5, 5.41) is 4.03. The summed E-state index contributed by atoms with van der Waals surface area (Å²) in [5.41, 5.74) is 6.82. The smallest absolute Gasteiger partial charge is 0.252 e. The Labute approximate surface area is 118 Å². The van der Waals surface area contributed by atoms with Crippen molar-refractivity contribution in [2.45, 2.75) is 6.42 Å². The maximum absolute atomic E-state index is 11.6. The van der Waals surface area contributed by atoms with Crippen LogP contribution in [0.2, 0.25) is 0 Å². The highest BCUT2D eigenvalue weighted by atomic mass is 16.1. The number of anilines is 1. The van der Waals surface area contributed by atoms with Gasteiger partial charge in [0.15, 0.2) is 0 Å².